The van der Waals surface area contributed by atoms with Crippen molar-refractivity contribution in [2.75, 3.05) is 0 Å². The molecule has 0 aliphatic heterocycles. The molecule has 0 unspecified atom stereocenters. The fourth-order valence-electron chi connectivity index (χ4n) is 2.23. The third-order valence-corrected chi connectivity index (χ3v) is 3.75. The second kappa shape index (κ2) is 5.38. The topological polar surface area (TPSA) is 17.8 Å². The summed E-state index contributed by atoms with van der Waals surface area (Å²) in [5, 5.41) is 5.32. The lowest BCUT2D eigenvalue weighted by Crippen LogP contribution is -1.97. The maximum atomic E-state index is 6.39. The zero-order valence-corrected chi connectivity index (χ0v) is 13.0. The van der Waals surface area contributed by atoms with Crippen LogP contribution in [0.1, 0.15) is 56.4 Å². The summed E-state index contributed by atoms with van der Waals surface area (Å²) in [6, 6.07) is 6.21. The summed E-state index contributed by atoms with van der Waals surface area (Å²) < 4.78 is 1.89. The van der Waals surface area contributed by atoms with Gasteiger partial charge in [-0.25, -0.2) is 4.68 Å². The molecule has 0 spiro atoms. The minimum absolute atomic E-state index is 0.475. The van der Waals surface area contributed by atoms with Crippen LogP contribution in [0.25, 0.3) is 5.69 Å². The van der Waals surface area contributed by atoms with Gasteiger partial charge >= 0.3 is 0 Å². The molecule has 1 aromatic heterocycles. The first kappa shape index (κ1) is 14.1. The first-order valence-corrected chi connectivity index (χ1v) is 7.14. The van der Waals surface area contributed by atoms with E-state index in [1.54, 1.807) is 0 Å². The van der Waals surface area contributed by atoms with E-state index in [4.69, 9.17) is 11.6 Å². The summed E-state index contributed by atoms with van der Waals surface area (Å²) in [6.07, 6.45) is 2.08. The maximum absolute atomic E-state index is 6.39. The second-order valence-corrected chi connectivity index (χ2v) is 6.04. The summed E-state index contributed by atoms with van der Waals surface area (Å²) in [4.78, 5) is 0. The summed E-state index contributed by atoms with van der Waals surface area (Å²) in [6.45, 7) is 10.7. The van der Waals surface area contributed by atoms with Crippen molar-refractivity contribution in [2.45, 2.75) is 46.5 Å². The molecule has 0 atom stereocenters. The molecule has 3 heteroatoms. The van der Waals surface area contributed by atoms with Crippen molar-refractivity contribution < 1.29 is 0 Å². The molecule has 2 rings (SSSR count). The molecule has 1 heterocycles. The average molecular weight is 277 g/mol. The van der Waals surface area contributed by atoms with E-state index in [0.29, 0.717) is 11.8 Å². The lowest BCUT2D eigenvalue weighted by atomic mass is 10.0. The van der Waals surface area contributed by atoms with Crippen molar-refractivity contribution in [3.8, 4) is 5.69 Å². The van der Waals surface area contributed by atoms with Crippen molar-refractivity contribution in [1.82, 2.24) is 9.78 Å². The standard InChI is InChI=1S/C16H21ClN2/c1-10(2)13-6-7-16(15(17)8-13)19-9-14(11(3)4)12(5)18-19/h6-11H,1-5H3. The third-order valence-electron chi connectivity index (χ3n) is 3.44. The molecule has 0 amide bonds. The maximum Gasteiger partial charge on any atom is 0.0832 e. The van der Waals surface area contributed by atoms with Gasteiger partial charge in [0.15, 0.2) is 0 Å². The SMILES string of the molecule is Cc1nn(-c2ccc(C(C)C)cc2Cl)cc1C(C)C. The first-order valence-electron chi connectivity index (χ1n) is 6.76. The lowest BCUT2D eigenvalue weighted by molar-refractivity contribution is 0.846. The molecule has 0 aliphatic rings. The Morgan fingerprint density at radius 3 is 2.26 bits per heavy atom. The monoisotopic (exact) mass is 276 g/mol. The van der Waals surface area contributed by atoms with Crippen LogP contribution < -0.4 is 0 Å². The molecular weight excluding hydrogens is 256 g/mol. The van der Waals surface area contributed by atoms with E-state index in [0.717, 1.165) is 16.4 Å². The molecule has 1 aromatic carbocycles. The van der Waals surface area contributed by atoms with Crippen LogP contribution in [0.3, 0.4) is 0 Å². The zero-order valence-electron chi connectivity index (χ0n) is 12.2. The van der Waals surface area contributed by atoms with E-state index < -0.39 is 0 Å². The van der Waals surface area contributed by atoms with Crippen molar-refractivity contribution in [2.24, 2.45) is 0 Å². The minimum atomic E-state index is 0.475. The third kappa shape index (κ3) is 2.84. The molecule has 0 saturated carbocycles. The Hall–Kier alpha value is -1.28. The molecule has 102 valence electrons. The molecule has 0 bridgehead atoms. The predicted octanol–water partition coefficient (Wildman–Crippen LogP) is 5.08. The number of hydrogen-bond donors (Lipinski definition) is 0. The fraction of sp³-hybridized carbons (Fsp3) is 0.438. The van der Waals surface area contributed by atoms with Crippen molar-refractivity contribution in [3.05, 3.63) is 46.2 Å². The Morgan fingerprint density at radius 2 is 1.79 bits per heavy atom. The predicted molar refractivity (Wildman–Crippen MR) is 81.5 cm³/mol. The van der Waals surface area contributed by atoms with Crippen molar-refractivity contribution >= 4 is 11.6 Å². The molecule has 0 fully saturated rings. The van der Waals surface area contributed by atoms with Gasteiger partial charge in [0, 0.05) is 6.20 Å². The number of aromatic nitrogens is 2. The van der Waals surface area contributed by atoms with Crippen LogP contribution in [-0.4, -0.2) is 9.78 Å². The number of nitrogens with zero attached hydrogens (tertiary/aromatic N) is 2. The highest BCUT2D eigenvalue weighted by molar-refractivity contribution is 6.32. The normalized spacial score (nSPS) is 11.6. The quantitative estimate of drug-likeness (QED) is 0.764. The van der Waals surface area contributed by atoms with Gasteiger partial charge in [0.2, 0.25) is 0 Å². The van der Waals surface area contributed by atoms with Gasteiger partial charge in [-0.05, 0) is 42.0 Å². The molecule has 19 heavy (non-hydrogen) atoms. The van der Waals surface area contributed by atoms with E-state index in [9.17, 15) is 0 Å². The first-order chi connectivity index (χ1) is 8.90. The Morgan fingerprint density at radius 1 is 1.11 bits per heavy atom. The Kier molecular flexibility index (Phi) is 4.00. The molecular formula is C16H21ClN2. The van der Waals surface area contributed by atoms with Crippen LogP contribution in [0.5, 0.6) is 0 Å². The molecule has 2 aromatic rings. The van der Waals surface area contributed by atoms with Gasteiger partial charge in [-0.2, -0.15) is 5.10 Å². The van der Waals surface area contributed by atoms with Gasteiger partial charge in [-0.1, -0.05) is 45.4 Å². The number of aryl methyl sites for hydroxylation is 1. The summed E-state index contributed by atoms with van der Waals surface area (Å²) in [7, 11) is 0. The van der Waals surface area contributed by atoms with Gasteiger partial charge < -0.3 is 0 Å². The van der Waals surface area contributed by atoms with Crippen molar-refractivity contribution in [1.29, 1.82) is 0 Å². The Balaban J connectivity index is 2.45. The Bertz CT molecular complexity index is 582. The van der Waals surface area contributed by atoms with Gasteiger partial charge in [0.05, 0.1) is 16.4 Å². The number of benzene rings is 1. The Labute approximate surface area is 120 Å². The molecule has 0 saturated heterocycles. The van der Waals surface area contributed by atoms with Gasteiger partial charge in [0.1, 0.15) is 0 Å². The van der Waals surface area contributed by atoms with Crippen LogP contribution in [0.15, 0.2) is 24.4 Å². The molecule has 0 N–H and O–H groups in total. The molecule has 2 nitrogen and oxygen atoms in total. The average Bonchev–Trinajstić information content (AvgIpc) is 2.71. The lowest BCUT2D eigenvalue weighted by Gasteiger charge is -2.09. The van der Waals surface area contributed by atoms with Gasteiger partial charge in [-0.15, -0.1) is 0 Å². The second-order valence-electron chi connectivity index (χ2n) is 5.63. The van der Waals surface area contributed by atoms with Crippen LogP contribution in [0, 0.1) is 6.92 Å². The smallest absolute Gasteiger partial charge is 0.0832 e. The zero-order chi connectivity index (χ0) is 14.2. The fourth-order valence-corrected chi connectivity index (χ4v) is 2.51. The number of halogens is 1. The molecule has 0 aliphatic carbocycles. The highest BCUT2D eigenvalue weighted by Crippen LogP contribution is 2.27. The highest BCUT2D eigenvalue weighted by Gasteiger charge is 2.12. The number of rotatable bonds is 3. The van der Waals surface area contributed by atoms with Crippen LogP contribution in [0.4, 0.5) is 0 Å². The van der Waals surface area contributed by atoms with E-state index in [1.165, 1.54) is 11.1 Å². The summed E-state index contributed by atoms with van der Waals surface area (Å²) >= 11 is 6.39. The van der Waals surface area contributed by atoms with E-state index >= 15 is 0 Å². The van der Waals surface area contributed by atoms with E-state index in [2.05, 4.69) is 45.1 Å². The largest absolute Gasteiger partial charge is 0.239 e. The van der Waals surface area contributed by atoms with E-state index in [-0.39, 0.29) is 0 Å². The number of hydrogen-bond acceptors (Lipinski definition) is 1. The summed E-state index contributed by atoms with van der Waals surface area (Å²) in [5.74, 6) is 0.958. The van der Waals surface area contributed by atoms with Crippen LogP contribution in [0.2, 0.25) is 5.02 Å². The summed E-state index contributed by atoms with van der Waals surface area (Å²) in [5.41, 5.74) is 4.53. The minimum Gasteiger partial charge on any atom is -0.239 e. The molecule has 0 radical (unpaired) electrons. The van der Waals surface area contributed by atoms with E-state index in [1.807, 2.05) is 23.7 Å². The van der Waals surface area contributed by atoms with Gasteiger partial charge in [-0.3, -0.25) is 0 Å². The van der Waals surface area contributed by atoms with Crippen LogP contribution in [-0.2, 0) is 0 Å². The van der Waals surface area contributed by atoms with Gasteiger partial charge in [0.25, 0.3) is 0 Å². The van der Waals surface area contributed by atoms with Crippen molar-refractivity contribution in [3.63, 3.8) is 0 Å². The van der Waals surface area contributed by atoms with Crippen LogP contribution >= 0.6 is 11.6 Å². The highest BCUT2D eigenvalue weighted by atomic mass is 35.5.